The zero-order valence-electron chi connectivity index (χ0n) is 15.4. The molecule has 3 rings (SSSR count). The Morgan fingerprint density at radius 3 is 2.91 bits per heavy atom. The second-order valence-electron chi connectivity index (χ2n) is 5.05. The molecule has 1 aliphatic rings. The molecule has 6 nitrogen and oxygen atoms in total. The van der Waals surface area contributed by atoms with Gasteiger partial charge in [0.05, 0.1) is 24.7 Å². The van der Waals surface area contributed by atoms with Gasteiger partial charge in [-0.25, -0.2) is 4.98 Å². The summed E-state index contributed by atoms with van der Waals surface area (Å²) in [5.41, 5.74) is 4.83. The zero-order valence-corrected chi connectivity index (χ0v) is 12.1. The number of halogens is 1. The molecule has 1 saturated carbocycles. The number of aryl methyl sites for hydroxylation is 1. The summed E-state index contributed by atoms with van der Waals surface area (Å²) in [5.74, 6) is -1.93. The topological polar surface area (TPSA) is 95.0 Å². The van der Waals surface area contributed by atoms with Gasteiger partial charge in [0.25, 0.3) is 5.56 Å². The van der Waals surface area contributed by atoms with Crippen molar-refractivity contribution in [1.29, 1.82) is 0 Å². The van der Waals surface area contributed by atoms with Crippen LogP contribution in [0.3, 0.4) is 0 Å². The molecule has 2 N–H and O–H groups in total. The molecule has 0 radical (unpaired) electrons. The Morgan fingerprint density at radius 1 is 1.45 bits per heavy atom. The summed E-state index contributed by atoms with van der Waals surface area (Å²) < 4.78 is 32.1. The number of hydrogen-bond donors (Lipinski definition) is 1. The molecule has 1 heterocycles. The van der Waals surface area contributed by atoms with Gasteiger partial charge in [0, 0.05) is 21.2 Å². The maximum atomic E-state index is 13.1. The number of nitrogens with zero attached hydrogens (tertiary/aromatic N) is 2. The van der Waals surface area contributed by atoms with Crippen molar-refractivity contribution in [2.45, 2.75) is 32.1 Å². The van der Waals surface area contributed by atoms with Crippen LogP contribution in [0.5, 0.6) is 0 Å². The summed E-state index contributed by atoms with van der Waals surface area (Å²) >= 11 is 5.90. The minimum absolute atomic E-state index is 0.0368. The Kier molecular flexibility index (Phi) is 2.49. The van der Waals surface area contributed by atoms with Crippen molar-refractivity contribution >= 4 is 39.8 Å². The molecule has 1 atom stereocenters. The van der Waals surface area contributed by atoms with Crippen LogP contribution in [-0.2, 0) is 9.59 Å². The first-order chi connectivity index (χ1) is 11.9. The molecule has 0 spiro atoms. The molecule has 1 fully saturated rings. The number of hydrogen-bond acceptors (Lipinski definition) is 5. The molecule has 1 aromatic carbocycles. The lowest BCUT2D eigenvalue weighted by Gasteiger charge is -2.24. The maximum absolute atomic E-state index is 13.1. The average Bonchev–Trinajstić information content (AvgIpc) is 2.49. The van der Waals surface area contributed by atoms with E-state index < -0.39 is 36.5 Å². The highest BCUT2D eigenvalue weighted by atomic mass is 35.5. The Morgan fingerprint density at radius 2 is 2.23 bits per heavy atom. The van der Waals surface area contributed by atoms with E-state index in [-0.39, 0.29) is 40.2 Å². The molecule has 7 heteroatoms. The van der Waals surface area contributed by atoms with Crippen molar-refractivity contribution < 1.29 is 15.1 Å². The number of rotatable bonds is 1. The predicted octanol–water partition coefficient (Wildman–Crippen LogP) is 1.80. The van der Waals surface area contributed by atoms with E-state index in [1.807, 2.05) is 0 Å². The standard InChI is InChI=1S/C15H14ClN3O3/c1-7-18-11-5-8(16)4-10(17)14(11)15(22)19(7)12-3-2-9(20)6-13(12)21/h4-5,12H,2-3,6,17H2,1H3/i1D3,12D. The number of nitrogen functional groups attached to an aromatic ring is 1. The molecule has 0 saturated heterocycles. The molecule has 22 heavy (non-hydrogen) atoms. The van der Waals surface area contributed by atoms with Crippen molar-refractivity contribution in [2.24, 2.45) is 0 Å². The fraction of sp³-hybridized carbons (Fsp3) is 0.333. The average molecular weight is 324 g/mol. The number of ketones is 2. The molecular formula is C15H14ClN3O3. The molecule has 2 aromatic rings. The van der Waals surface area contributed by atoms with E-state index in [1.54, 1.807) is 0 Å². The highest BCUT2D eigenvalue weighted by Gasteiger charge is 2.30. The molecule has 0 bridgehead atoms. The van der Waals surface area contributed by atoms with Crippen LogP contribution in [-0.4, -0.2) is 21.1 Å². The van der Waals surface area contributed by atoms with Crippen LogP contribution in [0.2, 0.25) is 5.02 Å². The number of anilines is 1. The lowest BCUT2D eigenvalue weighted by Crippen LogP contribution is -2.36. The largest absolute Gasteiger partial charge is 0.398 e. The van der Waals surface area contributed by atoms with Crippen LogP contribution >= 0.6 is 11.6 Å². The van der Waals surface area contributed by atoms with E-state index in [2.05, 4.69) is 4.98 Å². The minimum atomic E-state index is -2.87. The SMILES string of the molecule is [2H]C([2H])([2H])c1nc2cc(Cl)cc(N)c2c(=O)n1C1([2H])CCC(=O)CC1=O. The van der Waals surface area contributed by atoms with E-state index in [4.69, 9.17) is 22.8 Å². The van der Waals surface area contributed by atoms with Crippen molar-refractivity contribution in [3.8, 4) is 0 Å². The monoisotopic (exact) mass is 323 g/mol. The number of aromatic nitrogens is 2. The highest BCUT2D eigenvalue weighted by molar-refractivity contribution is 6.31. The van der Waals surface area contributed by atoms with Gasteiger partial charge in [-0.3, -0.25) is 19.0 Å². The molecule has 1 aliphatic carbocycles. The van der Waals surface area contributed by atoms with Gasteiger partial charge in [0.15, 0.2) is 5.78 Å². The maximum Gasteiger partial charge on any atom is 0.264 e. The van der Waals surface area contributed by atoms with Crippen molar-refractivity contribution in [1.82, 2.24) is 9.55 Å². The lowest BCUT2D eigenvalue weighted by atomic mass is 9.92. The summed E-state index contributed by atoms with van der Waals surface area (Å²) in [6.07, 6.45) is -0.963. The van der Waals surface area contributed by atoms with Crippen LogP contribution in [0.15, 0.2) is 16.9 Å². The van der Waals surface area contributed by atoms with Gasteiger partial charge < -0.3 is 5.73 Å². The van der Waals surface area contributed by atoms with Crippen LogP contribution in [0.25, 0.3) is 10.9 Å². The molecular weight excluding hydrogens is 306 g/mol. The fourth-order valence-electron chi connectivity index (χ4n) is 2.56. The predicted molar refractivity (Wildman–Crippen MR) is 83.1 cm³/mol. The Hall–Kier alpha value is -2.21. The van der Waals surface area contributed by atoms with Crippen LogP contribution in [0.4, 0.5) is 5.69 Å². The highest BCUT2D eigenvalue weighted by Crippen LogP contribution is 2.26. The van der Waals surface area contributed by atoms with Gasteiger partial charge >= 0.3 is 0 Å². The second-order valence-corrected chi connectivity index (χ2v) is 5.49. The third-order valence-corrected chi connectivity index (χ3v) is 3.78. The molecule has 0 aliphatic heterocycles. The lowest BCUT2D eigenvalue weighted by molar-refractivity contribution is -0.132. The third kappa shape index (κ3) is 2.29. The van der Waals surface area contributed by atoms with Gasteiger partial charge in [-0.05, 0) is 25.4 Å². The zero-order chi connectivity index (χ0) is 19.4. The smallest absolute Gasteiger partial charge is 0.264 e. The van der Waals surface area contributed by atoms with Gasteiger partial charge in [-0.15, -0.1) is 0 Å². The molecule has 114 valence electrons. The second kappa shape index (κ2) is 5.21. The number of fused-ring (bicyclic) bond motifs is 1. The molecule has 1 unspecified atom stereocenters. The number of benzene rings is 1. The van der Waals surface area contributed by atoms with Crippen molar-refractivity contribution in [2.75, 3.05) is 5.73 Å². The van der Waals surface area contributed by atoms with Crippen LogP contribution in [0.1, 0.15) is 36.6 Å². The third-order valence-electron chi connectivity index (χ3n) is 3.56. The number of nitrogens with two attached hydrogens (primary N) is 1. The van der Waals surface area contributed by atoms with Crippen LogP contribution < -0.4 is 11.3 Å². The normalized spacial score (nSPS) is 25.5. The first-order valence-corrected chi connectivity index (χ1v) is 6.90. The van der Waals surface area contributed by atoms with Crippen molar-refractivity contribution in [3.05, 3.63) is 33.3 Å². The summed E-state index contributed by atoms with van der Waals surface area (Å²) in [5, 5.41) is 0.0368. The minimum Gasteiger partial charge on any atom is -0.398 e. The van der Waals surface area contributed by atoms with E-state index >= 15 is 0 Å². The number of carbonyl (C=O) groups excluding carboxylic acids is 2. The summed E-state index contributed by atoms with van der Waals surface area (Å²) in [6.45, 7) is -2.87. The van der Waals surface area contributed by atoms with Gasteiger partial charge in [-0.2, -0.15) is 0 Å². The number of carbonyl (C=O) groups is 2. The summed E-state index contributed by atoms with van der Waals surface area (Å²) in [4.78, 5) is 40.9. The Labute approximate surface area is 136 Å². The fourth-order valence-corrected chi connectivity index (χ4v) is 2.78. The van der Waals surface area contributed by atoms with E-state index in [0.717, 1.165) is 0 Å². The summed E-state index contributed by atoms with van der Waals surface area (Å²) in [6, 6.07) is 0.355. The van der Waals surface area contributed by atoms with E-state index in [9.17, 15) is 14.4 Å². The quantitative estimate of drug-likeness (QED) is 0.638. The van der Waals surface area contributed by atoms with Gasteiger partial charge in [0.1, 0.15) is 11.6 Å². The molecule has 1 aromatic heterocycles. The van der Waals surface area contributed by atoms with Crippen LogP contribution in [0, 0.1) is 6.85 Å². The Bertz CT molecular complexity index is 1020. The summed E-state index contributed by atoms with van der Waals surface area (Å²) in [7, 11) is 0. The van der Waals surface area contributed by atoms with Gasteiger partial charge in [-0.1, -0.05) is 11.6 Å². The Balaban J connectivity index is 2.44. The number of Topliss-reactive ketones (excluding diaryl/α,β-unsaturated/α-hetero) is 2. The van der Waals surface area contributed by atoms with Gasteiger partial charge in [0.2, 0.25) is 0 Å². The first-order valence-electron chi connectivity index (χ1n) is 8.53. The van der Waals surface area contributed by atoms with E-state index in [1.165, 1.54) is 12.1 Å². The molecule has 0 amide bonds. The first kappa shape index (κ1) is 10.5. The van der Waals surface area contributed by atoms with Crippen molar-refractivity contribution in [3.63, 3.8) is 0 Å². The van der Waals surface area contributed by atoms with E-state index in [0.29, 0.717) is 4.57 Å².